The molecule has 4 nitrogen and oxygen atoms in total. The van der Waals surface area contributed by atoms with Gasteiger partial charge in [-0.15, -0.1) is 0 Å². The first kappa shape index (κ1) is 21.1. The van der Waals surface area contributed by atoms with E-state index < -0.39 is 0 Å². The van der Waals surface area contributed by atoms with Crippen molar-refractivity contribution in [2.45, 2.75) is 6.54 Å². The van der Waals surface area contributed by atoms with Gasteiger partial charge in [0.15, 0.2) is 5.82 Å². The summed E-state index contributed by atoms with van der Waals surface area (Å²) in [4.78, 5) is 13.2. The monoisotopic (exact) mass is 491 g/mol. The Bertz CT molecular complexity index is 1220. The van der Waals surface area contributed by atoms with Crippen molar-refractivity contribution in [3.63, 3.8) is 0 Å². The summed E-state index contributed by atoms with van der Waals surface area (Å²) in [6.45, 7) is 0.500. The largest absolute Gasteiger partial charge is 0.304 e. The van der Waals surface area contributed by atoms with Gasteiger partial charge < -0.3 is 5.32 Å². The van der Waals surface area contributed by atoms with Gasteiger partial charge >= 0.3 is 0 Å². The molecule has 0 radical (unpaired) electrons. The normalized spacial score (nSPS) is 11.4. The summed E-state index contributed by atoms with van der Waals surface area (Å²) in [7, 11) is 0. The van der Waals surface area contributed by atoms with Crippen LogP contribution in [0.1, 0.15) is 16.7 Å². The minimum absolute atomic E-state index is 0.237. The van der Waals surface area contributed by atoms with Crippen LogP contribution in [-0.2, 0) is 11.3 Å². The highest BCUT2D eigenvalue weighted by molar-refractivity contribution is 9.10. The standard InChI is InChI=1S/C25H19BrClN3O/c26-22-17-30(16-20-13-7-8-14-23(20)27)29-24(22)28-25(31)21(19-11-5-2-6-12-19)15-18-9-3-1-4-10-18/h1-15,17H,16H2,(H,28,29,31)/b21-15-. The van der Waals surface area contributed by atoms with E-state index in [4.69, 9.17) is 11.6 Å². The maximum absolute atomic E-state index is 13.2. The molecule has 0 aliphatic heterocycles. The summed E-state index contributed by atoms with van der Waals surface area (Å²) in [5.41, 5.74) is 3.28. The summed E-state index contributed by atoms with van der Waals surface area (Å²) in [6, 6.07) is 27.0. The molecule has 4 rings (SSSR count). The number of rotatable bonds is 6. The van der Waals surface area contributed by atoms with Crippen LogP contribution in [0.25, 0.3) is 11.6 Å². The van der Waals surface area contributed by atoms with Crippen LogP contribution in [-0.4, -0.2) is 15.7 Å². The highest BCUT2D eigenvalue weighted by Gasteiger charge is 2.16. The van der Waals surface area contributed by atoms with Crippen LogP contribution in [0.2, 0.25) is 5.02 Å². The van der Waals surface area contributed by atoms with Crippen molar-refractivity contribution in [3.8, 4) is 0 Å². The van der Waals surface area contributed by atoms with Gasteiger partial charge in [-0.25, -0.2) is 0 Å². The zero-order valence-corrected chi connectivity index (χ0v) is 18.8. The maximum Gasteiger partial charge on any atom is 0.257 e. The molecule has 0 bridgehead atoms. The van der Waals surface area contributed by atoms with E-state index in [1.165, 1.54) is 0 Å². The summed E-state index contributed by atoms with van der Waals surface area (Å²) in [5.74, 6) is 0.214. The van der Waals surface area contributed by atoms with Gasteiger partial charge in [-0.2, -0.15) is 5.10 Å². The van der Waals surface area contributed by atoms with Crippen LogP contribution in [0, 0.1) is 0 Å². The quantitative estimate of drug-likeness (QED) is 0.246. The second kappa shape index (κ2) is 9.77. The van der Waals surface area contributed by atoms with E-state index in [9.17, 15) is 4.79 Å². The first-order chi connectivity index (χ1) is 15.1. The number of anilines is 1. The number of aromatic nitrogens is 2. The van der Waals surface area contributed by atoms with E-state index in [-0.39, 0.29) is 5.91 Å². The third kappa shape index (κ3) is 5.32. The van der Waals surface area contributed by atoms with Crippen molar-refractivity contribution in [1.82, 2.24) is 9.78 Å². The maximum atomic E-state index is 13.2. The van der Waals surface area contributed by atoms with E-state index in [1.54, 1.807) is 4.68 Å². The molecule has 154 valence electrons. The minimum atomic E-state index is -0.237. The third-order valence-corrected chi connectivity index (χ3v) is 5.63. The Balaban J connectivity index is 1.60. The Morgan fingerprint density at radius 2 is 1.61 bits per heavy atom. The lowest BCUT2D eigenvalue weighted by Crippen LogP contribution is -2.15. The van der Waals surface area contributed by atoms with Crippen molar-refractivity contribution in [3.05, 3.63) is 117 Å². The van der Waals surface area contributed by atoms with Gasteiger partial charge in [0, 0.05) is 16.8 Å². The van der Waals surface area contributed by atoms with Gasteiger partial charge in [0.1, 0.15) is 0 Å². The molecule has 31 heavy (non-hydrogen) atoms. The molecule has 0 aliphatic carbocycles. The van der Waals surface area contributed by atoms with Crippen LogP contribution in [0.3, 0.4) is 0 Å². The molecule has 1 amide bonds. The van der Waals surface area contributed by atoms with Crippen LogP contribution >= 0.6 is 27.5 Å². The lowest BCUT2D eigenvalue weighted by molar-refractivity contribution is -0.111. The highest BCUT2D eigenvalue weighted by atomic mass is 79.9. The zero-order valence-electron chi connectivity index (χ0n) is 16.5. The molecule has 0 spiro atoms. The summed E-state index contributed by atoms with van der Waals surface area (Å²) in [5, 5.41) is 8.13. The van der Waals surface area contributed by atoms with Crippen LogP contribution in [0.4, 0.5) is 5.82 Å². The number of halogens is 2. The average molecular weight is 493 g/mol. The molecule has 3 aromatic carbocycles. The molecule has 0 saturated heterocycles. The number of nitrogens with zero attached hydrogens (tertiary/aromatic N) is 2. The zero-order chi connectivity index (χ0) is 21.6. The Morgan fingerprint density at radius 1 is 0.968 bits per heavy atom. The second-order valence-electron chi connectivity index (χ2n) is 6.90. The second-order valence-corrected chi connectivity index (χ2v) is 8.17. The molecule has 1 N–H and O–H groups in total. The van der Waals surface area contributed by atoms with Crippen molar-refractivity contribution in [2.75, 3.05) is 5.32 Å². The summed E-state index contributed by atoms with van der Waals surface area (Å²) < 4.78 is 2.43. The Hall–Kier alpha value is -3.15. The van der Waals surface area contributed by atoms with E-state index in [1.807, 2.05) is 97.2 Å². The SMILES string of the molecule is O=C(Nc1nn(Cc2ccccc2Cl)cc1Br)/C(=C\c1ccccc1)c1ccccc1. The third-order valence-electron chi connectivity index (χ3n) is 4.68. The number of nitrogens with one attached hydrogen (secondary N) is 1. The number of benzene rings is 3. The molecular formula is C25H19BrClN3O. The van der Waals surface area contributed by atoms with Gasteiger partial charge in [0.2, 0.25) is 0 Å². The fraction of sp³-hybridized carbons (Fsp3) is 0.0400. The number of hydrogen-bond acceptors (Lipinski definition) is 2. The molecule has 6 heteroatoms. The van der Waals surface area contributed by atoms with Gasteiger partial charge in [0.05, 0.1) is 11.0 Å². The number of amides is 1. The lowest BCUT2D eigenvalue weighted by atomic mass is 10.0. The topological polar surface area (TPSA) is 46.9 Å². The van der Waals surface area contributed by atoms with E-state index in [0.717, 1.165) is 16.7 Å². The Kier molecular flexibility index (Phi) is 6.65. The van der Waals surface area contributed by atoms with Crippen LogP contribution in [0.5, 0.6) is 0 Å². The van der Waals surface area contributed by atoms with E-state index in [2.05, 4.69) is 26.3 Å². The van der Waals surface area contributed by atoms with Crippen molar-refractivity contribution in [2.24, 2.45) is 0 Å². The minimum Gasteiger partial charge on any atom is -0.304 e. The molecule has 0 saturated carbocycles. The molecule has 1 heterocycles. The Labute approximate surface area is 194 Å². The summed E-state index contributed by atoms with van der Waals surface area (Å²) in [6.07, 6.45) is 3.70. The molecular weight excluding hydrogens is 474 g/mol. The van der Waals surface area contributed by atoms with Crippen LogP contribution in [0.15, 0.2) is 95.6 Å². The summed E-state index contributed by atoms with van der Waals surface area (Å²) >= 11 is 9.76. The van der Waals surface area contributed by atoms with Crippen molar-refractivity contribution < 1.29 is 4.79 Å². The smallest absolute Gasteiger partial charge is 0.257 e. The predicted molar refractivity (Wildman–Crippen MR) is 130 cm³/mol. The fourth-order valence-corrected chi connectivity index (χ4v) is 3.76. The van der Waals surface area contributed by atoms with E-state index in [0.29, 0.717) is 27.4 Å². The number of hydrogen-bond donors (Lipinski definition) is 1. The van der Waals surface area contributed by atoms with Gasteiger partial charge in [-0.1, -0.05) is 90.5 Å². The molecule has 0 aliphatic rings. The average Bonchev–Trinajstić information content (AvgIpc) is 3.13. The van der Waals surface area contributed by atoms with Gasteiger partial charge in [-0.05, 0) is 44.8 Å². The molecule has 0 fully saturated rings. The van der Waals surface area contributed by atoms with E-state index >= 15 is 0 Å². The number of carbonyl (C=O) groups is 1. The molecule has 0 atom stereocenters. The predicted octanol–water partition coefficient (Wildman–Crippen LogP) is 6.53. The highest BCUT2D eigenvalue weighted by Crippen LogP contribution is 2.25. The van der Waals surface area contributed by atoms with Gasteiger partial charge in [0.25, 0.3) is 5.91 Å². The van der Waals surface area contributed by atoms with Gasteiger partial charge in [-0.3, -0.25) is 9.48 Å². The van der Waals surface area contributed by atoms with Crippen molar-refractivity contribution in [1.29, 1.82) is 0 Å². The molecule has 1 aromatic heterocycles. The molecule has 0 unspecified atom stereocenters. The number of carbonyl (C=O) groups excluding carboxylic acids is 1. The first-order valence-electron chi connectivity index (χ1n) is 9.70. The first-order valence-corrected chi connectivity index (χ1v) is 10.9. The Morgan fingerprint density at radius 3 is 2.32 bits per heavy atom. The van der Waals surface area contributed by atoms with Crippen molar-refractivity contribution >= 4 is 50.9 Å². The fourth-order valence-electron chi connectivity index (χ4n) is 3.15. The van der Waals surface area contributed by atoms with Crippen LogP contribution < -0.4 is 5.32 Å². The molecule has 4 aromatic rings. The lowest BCUT2D eigenvalue weighted by Gasteiger charge is -2.09.